The Bertz CT molecular complexity index is 347. The average molecular weight is 203 g/mol. The highest BCUT2D eigenvalue weighted by Crippen LogP contribution is 2.28. The van der Waals surface area contributed by atoms with E-state index in [0.717, 1.165) is 12.1 Å². The number of hydrogen-bond donors (Lipinski definition) is 1. The molecular weight excluding hydrogens is 191 g/mol. The van der Waals surface area contributed by atoms with Crippen LogP contribution in [0, 0.1) is 17.5 Å². The molecule has 14 heavy (non-hydrogen) atoms. The maximum Gasteiger partial charge on any atom is 0.165 e. The van der Waals surface area contributed by atoms with Crippen LogP contribution in [0.2, 0.25) is 0 Å². The van der Waals surface area contributed by atoms with Gasteiger partial charge in [-0.25, -0.2) is 13.2 Å². The van der Waals surface area contributed by atoms with Gasteiger partial charge in [-0.3, -0.25) is 0 Å². The second kappa shape index (κ2) is 3.61. The van der Waals surface area contributed by atoms with E-state index in [0.29, 0.717) is 0 Å². The highest BCUT2D eigenvalue weighted by atomic mass is 19.2. The van der Waals surface area contributed by atoms with Crippen LogP contribution in [0.25, 0.3) is 0 Å². The van der Waals surface area contributed by atoms with Gasteiger partial charge in [0, 0.05) is 17.5 Å². The van der Waals surface area contributed by atoms with Gasteiger partial charge in [0.25, 0.3) is 0 Å². The molecule has 1 aromatic carbocycles. The third-order valence-corrected chi connectivity index (χ3v) is 2.23. The Balaban J connectivity index is 3.40. The third-order valence-electron chi connectivity index (χ3n) is 2.23. The molecule has 0 spiro atoms. The number of nitrogens with two attached hydrogens (primary N) is 1. The summed E-state index contributed by atoms with van der Waals surface area (Å²) in [6.07, 6.45) is 0. The van der Waals surface area contributed by atoms with Crippen LogP contribution in [0.1, 0.15) is 19.4 Å². The highest BCUT2D eigenvalue weighted by Gasteiger charge is 2.28. The van der Waals surface area contributed by atoms with E-state index in [1.54, 1.807) is 13.8 Å². The first-order chi connectivity index (χ1) is 6.40. The van der Waals surface area contributed by atoms with Gasteiger partial charge in [0.05, 0.1) is 0 Å². The molecule has 1 rings (SSSR count). The largest absolute Gasteiger partial charge is 0.330 e. The second-order valence-electron chi connectivity index (χ2n) is 3.81. The first-order valence-electron chi connectivity index (χ1n) is 4.24. The molecule has 1 aromatic rings. The molecule has 0 heterocycles. The molecule has 0 saturated heterocycles. The summed E-state index contributed by atoms with van der Waals surface area (Å²) in [6.45, 7) is 3.17. The van der Waals surface area contributed by atoms with Crippen LogP contribution in [0.4, 0.5) is 13.2 Å². The quantitative estimate of drug-likeness (QED) is 0.733. The molecule has 1 nitrogen and oxygen atoms in total. The molecule has 0 aliphatic rings. The Labute approximate surface area is 80.7 Å². The van der Waals surface area contributed by atoms with E-state index < -0.39 is 22.9 Å². The Hall–Kier alpha value is -1.03. The Kier molecular flexibility index (Phi) is 2.85. The highest BCUT2D eigenvalue weighted by molar-refractivity contribution is 5.28. The minimum Gasteiger partial charge on any atom is -0.330 e. The van der Waals surface area contributed by atoms with E-state index in [2.05, 4.69) is 0 Å². The number of rotatable bonds is 2. The summed E-state index contributed by atoms with van der Waals surface area (Å²) in [4.78, 5) is 0. The molecule has 0 atom stereocenters. The maximum atomic E-state index is 13.3. The fourth-order valence-corrected chi connectivity index (χ4v) is 1.25. The predicted molar refractivity (Wildman–Crippen MR) is 48.4 cm³/mol. The zero-order chi connectivity index (χ0) is 10.9. The van der Waals surface area contributed by atoms with Crippen LogP contribution < -0.4 is 5.73 Å². The SMILES string of the molecule is CC(C)(CN)c1c(F)ccc(F)c1F. The topological polar surface area (TPSA) is 26.0 Å². The summed E-state index contributed by atoms with van der Waals surface area (Å²) in [5.74, 6) is -2.97. The summed E-state index contributed by atoms with van der Waals surface area (Å²) in [5.41, 5.74) is 4.17. The van der Waals surface area contributed by atoms with Gasteiger partial charge < -0.3 is 5.73 Å². The van der Waals surface area contributed by atoms with Crippen LogP contribution in [0.5, 0.6) is 0 Å². The molecule has 0 unspecified atom stereocenters. The van der Waals surface area contributed by atoms with Crippen molar-refractivity contribution in [3.8, 4) is 0 Å². The van der Waals surface area contributed by atoms with Crippen LogP contribution >= 0.6 is 0 Å². The Morgan fingerprint density at radius 1 is 1.14 bits per heavy atom. The van der Waals surface area contributed by atoms with Crippen molar-refractivity contribution < 1.29 is 13.2 Å². The van der Waals surface area contributed by atoms with E-state index in [9.17, 15) is 13.2 Å². The molecule has 0 aromatic heterocycles. The summed E-state index contributed by atoms with van der Waals surface area (Å²) >= 11 is 0. The molecule has 0 aliphatic carbocycles. The lowest BCUT2D eigenvalue weighted by Crippen LogP contribution is -2.30. The van der Waals surface area contributed by atoms with Crippen molar-refractivity contribution in [1.82, 2.24) is 0 Å². The van der Waals surface area contributed by atoms with Crippen LogP contribution in [0.3, 0.4) is 0 Å². The van der Waals surface area contributed by atoms with E-state index >= 15 is 0 Å². The van der Waals surface area contributed by atoms with E-state index in [-0.39, 0.29) is 12.1 Å². The summed E-state index contributed by atoms with van der Waals surface area (Å²) < 4.78 is 39.4. The zero-order valence-corrected chi connectivity index (χ0v) is 8.07. The van der Waals surface area contributed by atoms with Crippen molar-refractivity contribution in [2.24, 2.45) is 5.73 Å². The number of benzene rings is 1. The molecule has 2 N–H and O–H groups in total. The summed E-state index contributed by atoms with van der Waals surface area (Å²) in [6, 6.07) is 1.67. The normalized spacial score (nSPS) is 11.9. The maximum absolute atomic E-state index is 13.3. The standard InChI is InChI=1S/C10H12F3N/c1-10(2,5-14)8-6(11)3-4-7(12)9(8)13/h3-4H,5,14H2,1-2H3. The first-order valence-corrected chi connectivity index (χ1v) is 4.24. The molecule has 0 saturated carbocycles. The Morgan fingerprint density at radius 2 is 1.64 bits per heavy atom. The van der Waals surface area contributed by atoms with Crippen LogP contribution in [0.15, 0.2) is 12.1 Å². The number of halogens is 3. The van der Waals surface area contributed by atoms with Gasteiger partial charge in [0.1, 0.15) is 5.82 Å². The molecule has 0 fully saturated rings. The Morgan fingerprint density at radius 3 is 2.14 bits per heavy atom. The first kappa shape index (κ1) is 11.0. The molecule has 4 heteroatoms. The lowest BCUT2D eigenvalue weighted by Gasteiger charge is -2.24. The zero-order valence-electron chi connectivity index (χ0n) is 8.07. The van der Waals surface area contributed by atoms with Gasteiger partial charge in [-0.2, -0.15) is 0 Å². The fourth-order valence-electron chi connectivity index (χ4n) is 1.25. The van der Waals surface area contributed by atoms with Gasteiger partial charge in [-0.05, 0) is 12.1 Å². The van der Waals surface area contributed by atoms with Gasteiger partial charge in [-0.15, -0.1) is 0 Å². The van der Waals surface area contributed by atoms with Crippen molar-refractivity contribution in [3.05, 3.63) is 35.1 Å². The number of hydrogen-bond acceptors (Lipinski definition) is 1. The van der Waals surface area contributed by atoms with Crippen molar-refractivity contribution in [2.75, 3.05) is 6.54 Å². The fraction of sp³-hybridized carbons (Fsp3) is 0.400. The molecule has 0 aliphatic heterocycles. The van der Waals surface area contributed by atoms with E-state index in [4.69, 9.17) is 5.73 Å². The predicted octanol–water partition coefficient (Wildman–Crippen LogP) is 2.34. The van der Waals surface area contributed by atoms with Gasteiger partial charge in [-0.1, -0.05) is 13.8 Å². The smallest absolute Gasteiger partial charge is 0.165 e. The molecule has 0 bridgehead atoms. The lowest BCUT2D eigenvalue weighted by atomic mass is 9.84. The van der Waals surface area contributed by atoms with Gasteiger partial charge in [0.15, 0.2) is 11.6 Å². The summed E-state index contributed by atoms with van der Waals surface area (Å²) in [7, 11) is 0. The van der Waals surface area contributed by atoms with Crippen molar-refractivity contribution >= 4 is 0 Å². The minimum atomic E-state index is -1.15. The third kappa shape index (κ3) is 1.75. The molecular formula is C10H12F3N. The van der Waals surface area contributed by atoms with E-state index in [1.165, 1.54) is 0 Å². The van der Waals surface area contributed by atoms with Crippen molar-refractivity contribution in [3.63, 3.8) is 0 Å². The van der Waals surface area contributed by atoms with Crippen LogP contribution in [-0.2, 0) is 5.41 Å². The van der Waals surface area contributed by atoms with Gasteiger partial charge >= 0.3 is 0 Å². The minimum absolute atomic E-state index is 0.0459. The monoisotopic (exact) mass is 203 g/mol. The van der Waals surface area contributed by atoms with Crippen LogP contribution in [-0.4, -0.2) is 6.54 Å². The van der Waals surface area contributed by atoms with Crippen molar-refractivity contribution in [1.29, 1.82) is 0 Å². The molecule has 0 radical (unpaired) electrons. The summed E-state index contributed by atoms with van der Waals surface area (Å²) in [5, 5.41) is 0. The molecule has 0 amide bonds. The molecule has 78 valence electrons. The average Bonchev–Trinajstić information content (AvgIpc) is 2.12. The van der Waals surface area contributed by atoms with Gasteiger partial charge in [0.2, 0.25) is 0 Å². The lowest BCUT2D eigenvalue weighted by molar-refractivity contribution is 0.422. The van der Waals surface area contributed by atoms with Crippen molar-refractivity contribution in [2.45, 2.75) is 19.3 Å². The second-order valence-corrected chi connectivity index (χ2v) is 3.81. The van der Waals surface area contributed by atoms with E-state index in [1.807, 2.05) is 0 Å².